The maximum absolute atomic E-state index is 10.9. The second-order valence-electron chi connectivity index (χ2n) is 3.47. The van der Waals surface area contributed by atoms with Crippen LogP contribution in [-0.4, -0.2) is 0 Å². The van der Waals surface area contributed by atoms with Crippen LogP contribution < -0.4 is 0 Å². The SMILES string of the molecule is [O]c1ccc(/C=C/c2ccc([O])cc2)cc1. The summed E-state index contributed by atoms with van der Waals surface area (Å²) in [6.45, 7) is 0. The monoisotopic (exact) mass is 210 g/mol. The van der Waals surface area contributed by atoms with Crippen molar-refractivity contribution in [2.45, 2.75) is 0 Å². The van der Waals surface area contributed by atoms with E-state index in [1.807, 2.05) is 12.2 Å². The molecule has 0 aliphatic rings. The van der Waals surface area contributed by atoms with Crippen LogP contribution in [0.3, 0.4) is 0 Å². The standard InChI is InChI=1S/C14H10O2/c15-13-7-3-11(4-8-13)1-2-12-5-9-14(16)10-6-12/h1-10H/b2-1+. The van der Waals surface area contributed by atoms with Gasteiger partial charge in [0.05, 0.1) is 0 Å². The summed E-state index contributed by atoms with van der Waals surface area (Å²) in [5.41, 5.74) is 1.93. The van der Waals surface area contributed by atoms with E-state index in [9.17, 15) is 10.2 Å². The first-order valence-electron chi connectivity index (χ1n) is 4.96. The van der Waals surface area contributed by atoms with E-state index < -0.39 is 0 Å². The number of hydrogen-bond acceptors (Lipinski definition) is 0. The summed E-state index contributed by atoms with van der Waals surface area (Å²) in [7, 11) is 0. The molecule has 0 atom stereocenters. The van der Waals surface area contributed by atoms with Crippen molar-refractivity contribution in [3.05, 3.63) is 59.7 Å². The Labute approximate surface area is 94.1 Å². The van der Waals surface area contributed by atoms with E-state index in [0.29, 0.717) is 0 Å². The molecule has 2 aromatic rings. The minimum atomic E-state index is 0.00728. The first kappa shape index (κ1) is 10.3. The van der Waals surface area contributed by atoms with Crippen LogP contribution in [0.1, 0.15) is 11.1 Å². The van der Waals surface area contributed by atoms with Gasteiger partial charge in [0.1, 0.15) is 0 Å². The Morgan fingerprint density at radius 3 is 1.19 bits per heavy atom. The Kier molecular flexibility index (Phi) is 2.92. The fourth-order valence-corrected chi connectivity index (χ4v) is 1.35. The molecule has 2 radical (unpaired) electrons. The molecule has 2 heteroatoms. The van der Waals surface area contributed by atoms with Crippen LogP contribution >= 0.6 is 0 Å². The first-order valence-corrected chi connectivity index (χ1v) is 4.96. The zero-order valence-electron chi connectivity index (χ0n) is 8.59. The van der Waals surface area contributed by atoms with Gasteiger partial charge in [0.25, 0.3) is 0 Å². The van der Waals surface area contributed by atoms with Crippen molar-refractivity contribution >= 4 is 12.2 Å². The summed E-state index contributed by atoms with van der Waals surface area (Å²) in [6.07, 6.45) is 3.80. The van der Waals surface area contributed by atoms with Crippen molar-refractivity contribution in [3.63, 3.8) is 0 Å². The van der Waals surface area contributed by atoms with E-state index in [1.165, 1.54) is 24.3 Å². The largest absolute Gasteiger partial charge is 0.290 e. The molecule has 2 aromatic carbocycles. The molecule has 0 bridgehead atoms. The average Bonchev–Trinajstić information content (AvgIpc) is 2.30. The molecule has 2 nitrogen and oxygen atoms in total. The predicted octanol–water partition coefficient (Wildman–Crippen LogP) is 4.14. The first-order chi connectivity index (χ1) is 7.74. The van der Waals surface area contributed by atoms with Gasteiger partial charge < -0.3 is 0 Å². The molecule has 0 fully saturated rings. The highest BCUT2D eigenvalue weighted by Crippen LogP contribution is 2.15. The van der Waals surface area contributed by atoms with Gasteiger partial charge in [-0.1, -0.05) is 36.4 Å². The molecule has 0 saturated carbocycles. The summed E-state index contributed by atoms with van der Waals surface area (Å²) in [5.74, 6) is 0.0146. The minimum absolute atomic E-state index is 0.00728. The predicted molar refractivity (Wildman–Crippen MR) is 62.1 cm³/mol. The van der Waals surface area contributed by atoms with Crippen molar-refractivity contribution < 1.29 is 10.2 Å². The molecule has 0 N–H and O–H groups in total. The quantitative estimate of drug-likeness (QED) is 0.668. The van der Waals surface area contributed by atoms with Crippen LogP contribution in [0.25, 0.3) is 12.2 Å². The van der Waals surface area contributed by atoms with E-state index in [2.05, 4.69) is 0 Å². The zero-order chi connectivity index (χ0) is 11.4. The van der Waals surface area contributed by atoms with Crippen LogP contribution in [0, 0.1) is 0 Å². The molecule has 0 saturated heterocycles. The van der Waals surface area contributed by atoms with Gasteiger partial charge in [0.2, 0.25) is 0 Å². The number of hydrogen-bond donors (Lipinski definition) is 0. The van der Waals surface area contributed by atoms with E-state index in [-0.39, 0.29) is 11.5 Å². The molecule has 0 unspecified atom stereocenters. The Balaban J connectivity index is 2.15. The van der Waals surface area contributed by atoms with Crippen LogP contribution in [-0.2, 0) is 10.2 Å². The normalized spacial score (nSPS) is 10.8. The van der Waals surface area contributed by atoms with E-state index in [1.54, 1.807) is 24.3 Å². The highest BCUT2D eigenvalue weighted by molar-refractivity contribution is 5.69. The highest BCUT2D eigenvalue weighted by Gasteiger charge is 1.91. The lowest BCUT2D eigenvalue weighted by molar-refractivity contribution is 0.354. The highest BCUT2D eigenvalue weighted by atomic mass is 16.3. The van der Waals surface area contributed by atoms with Crippen molar-refractivity contribution in [2.75, 3.05) is 0 Å². The van der Waals surface area contributed by atoms with Crippen molar-refractivity contribution in [3.8, 4) is 11.5 Å². The third-order valence-corrected chi connectivity index (χ3v) is 2.23. The molecule has 0 heterocycles. The Hall–Kier alpha value is -2.22. The van der Waals surface area contributed by atoms with Crippen LogP contribution in [0.4, 0.5) is 0 Å². The second-order valence-corrected chi connectivity index (χ2v) is 3.47. The molecule has 2 rings (SSSR count). The van der Waals surface area contributed by atoms with Crippen molar-refractivity contribution in [2.24, 2.45) is 0 Å². The molecule has 0 aliphatic carbocycles. The van der Waals surface area contributed by atoms with Gasteiger partial charge in [-0.25, -0.2) is 0 Å². The van der Waals surface area contributed by atoms with Gasteiger partial charge >= 0.3 is 0 Å². The maximum atomic E-state index is 10.9. The molecule has 0 spiro atoms. The van der Waals surface area contributed by atoms with Gasteiger partial charge in [-0.2, -0.15) is 0 Å². The molecule has 0 aromatic heterocycles. The van der Waals surface area contributed by atoms with Crippen LogP contribution in [0.2, 0.25) is 0 Å². The smallest absolute Gasteiger partial charge is 0.178 e. The van der Waals surface area contributed by atoms with Gasteiger partial charge in [0, 0.05) is 0 Å². The van der Waals surface area contributed by atoms with Gasteiger partial charge in [-0.3, -0.25) is 10.2 Å². The number of benzene rings is 2. The fraction of sp³-hybridized carbons (Fsp3) is 0. The molecular weight excluding hydrogens is 200 g/mol. The molecule has 16 heavy (non-hydrogen) atoms. The summed E-state index contributed by atoms with van der Waals surface area (Å²) >= 11 is 0. The number of rotatable bonds is 2. The van der Waals surface area contributed by atoms with Crippen molar-refractivity contribution in [1.29, 1.82) is 0 Å². The third-order valence-electron chi connectivity index (χ3n) is 2.23. The van der Waals surface area contributed by atoms with Gasteiger partial charge in [0.15, 0.2) is 11.5 Å². The lowest BCUT2D eigenvalue weighted by Gasteiger charge is -1.94. The van der Waals surface area contributed by atoms with Crippen LogP contribution in [0.15, 0.2) is 48.5 Å². The van der Waals surface area contributed by atoms with E-state index >= 15 is 0 Å². The van der Waals surface area contributed by atoms with E-state index in [0.717, 1.165) is 11.1 Å². The van der Waals surface area contributed by atoms with Crippen molar-refractivity contribution in [1.82, 2.24) is 0 Å². The lowest BCUT2D eigenvalue weighted by Crippen LogP contribution is -1.72. The van der Waals surface area contributed by atoms with Gasteiger partial charge in [-0.05, 0) is 35.4 Å². The second kappa shape index (κ2) is 4.53. The summed E-state index contributed by atoms with van der Waals surface area (Å²) < 4.78 is 0. The molecule has 0 aliphatic heterocycles. The van der Waals surface area contributed by atoms with E-state index in [4.69, 9.17) is 0 Å². The summed E-state index contributed by atoms with van der Waals surface area (Å²) in [5, 5.41) is 21.7. The topological polar surface area (TPSA) is 39.8 Å². The average molecular weight is 210 g/mol. The Bertz CT molecular complexity index is 434. The Morgan fingerprint density at radius 1 is 0.562 bits per heavy atom. The van der Waals surface area contributed by atoms with Gasteiger partial charge in [-0.15, -0.1) is 0 Å². The minimum Gasteiger partial charge on any atom is -0.290 e. The molecule has 0 amide bonds. The molecular formula is C14H10O2. The zero-order valence-corrected chi connectivity index (χ0v) is 8.59. The summed E-state index contributed by atoms with van der Waals surface area (Å²) in [6, 6.07) is 13.2. The van der Waals surface area contributed by atoms with Crippen LogP contribution in [0.5, 0.6) is 11.5 Å². The fourth-order valence-electron chi connectivity index (χ4n) is 1.35. The summed E-state index contributed by atoms with van der Waals surface area (Å²) in [4.78, 5) is 0. The maximum Gasteiger partial charge on any atom is 0.178 e. The lowest BCUT2D eigenvalue weighted by atomic mass is 10.1. The third kappa shape index (κ3) is 2.64. The molecule has 78 valence electrons. The Morgan fingerprint density at radius 2 is 0.875 bits per heavy atom.